The first-order valence-corrected chi connectivity index (χ1v) is 10.5. The second-order valence-corrected chi connectivity index (χ2v) is 7.18. The smallest absolute Gasteiger partial charge is 0.344 e. The van der Waals surface area contributed by atoms with Crippen LogP contribution in [-0.4, -0.2) is 30.1 Å². The third-order valence-corrected chi connectivity index (χ3v) is 5.06. The quantitative estimate of drug-likeness (QED) is 0.566. The number of esters is 1. The van der Waals surface area contributed by atoms with E-state index in [-0.39, 0.29) is 12.5 Å². The molecule has 162 valence electrons. The zero-order chi connectivity index (χ0) is 22.3. The highest BCUT2D eigenvalue weighted by molar-refractivity contribution is 5.95. The Kier molecular flexibility index (Phi) is 6.51. The summed E-state index contributed by atoms with van der Waals surface area (Å²) < 4.78 is 10.7. The summed E-state index contributed by atoms with van der Waals surface area (Å²) in [5.41, 5.74) is 6.38. The fourth-order valence-corrected chi connectivity index (χ4v) is 3.57. The molecule has 3 aromatic carbocycles. The summed E-state index contributed by atoms with van der Waals surface area (Å²) in [5.74, 6) is -0.0914. The van der Waals surface area contributed by atoms with Crippen LogP contribution in [0, 0.1) is 0 Å². The zero-order valence-electron chi connectivity index (χ0n) is 17.7. The summed E-state index contributed by atoms with van der Waals surface area (Å²) in [4.78, 5) is 25.2. The van der Waals surface area contributed by atoms with E-state index in [4.69, 9.17) is 9.47 Å². The number of nitrogens with one attached hydrogen (secondary N) is 1. The molecule has 0 aromatic heterocycles. The van der Waals surface area contributed by atoms with Crippen molar-refractivity contribution in [2.75, 3.05) is 13.2 Å². The first-order chi connectivity index (χ1) is 15.7. The monoisotopic (exact) mass is 428 g/mol. The van der Waals surface area contributed by atoms with Gasteiger partial charge in [-0.15, -0.1) is 0 Å². The number of hydrogen-bond acceptors (Lipinski definition) is 5. The van der Waals surface area contributed by atoms with Crippen LogP contribution >= 0.6 is 0 Å². The Morgan fingerprint density at radius 2 is 1.56 bits per heavy atom. The van der Waals surface area contributed by atoms with Gasteiger partial charge in [0, 0.05) is 11.1 Å². The van der Waals surface area contributed by atoms with Crippen LogP contribution < -0.4 is 10.2 Å². The largest absolute Gasteiger partial charge is 0.482 e. The minimum atomic E-state index is -0.440. The van der Waals surface area contributed by atoms with Crippen LogP contribution in [0.4, 0.5) is 0 Å². The number of hydrogen-bond donors (Lipinski definition) is 1. The van der Waals surface area contributed by atoms with Gasteiger partial charge in [-0.05, 0) is 36.8 Å². The molecule has 6 heteroatoms. The molecule has 3 aromatic rings. The second kappa shape index (κ2) is 9.83. The summed E-state index contributed by atoms with van der Waals surface area (Å²) >= 11 is 0. The minimum absolute atomic E-state index is 0.169. The molecule has 32 heavy (non-hydrogen) atoms. The number of benzene rings is 3. The van der Waals surface area contributed by atoms with Gasteiger partial charge in [0.15, 0.2) is 6.61 Å². The van der Waals surface area contributed by atoms with E-state index in [1.165, 1.54) is 0 Å². The summed E-state index contributed by atoms with van der Waals surface area (Å²) in [6.07, 6.45) is 1.99. The normalized spacial score (nSPS) is 15.0. The average Bonchev–Trinajstić information content (AvgIpc) is 3.29. The lowest BCUT2D eigenvalue weighted by atomic mass is 10.0. The molecule has 0 aliphatic carbocycles. The van der Waals surface area contributed by atoms with Crippen LogP contribution in [0.5, 0.6) is 5.75 Å². The van der Waals surface area contributed by atoms with E-state index in [9.17, 15) is 9.59 Å². The number of carbonyl (C=O) groups excluding carboxylic acids is 2. The Bertz CT molecular complexity index is 1110. The molecule has 1 aliphatic heterocycles. The van der Waals surface area contributed by atoms with Crippen LogP contribution in [0.3, 0.4) is 0 Å². The molecular formula is C26H24N2O4. The Balaban J connectivity index is 1.69. The van der Waals surface area contributed by atoms with E-state index in [1.807, 2.05) is 72.8 Å². The fourth-order valence-electron chi connectivity index (χ4n) is 3.57. The summed E-state index contributed by atoms with van der Waals surface area (Å²) in [7, 11) is 0. The van der Waals surface area contributed by atoms with E-state index in [0.717, 1.165) is 16.8 Å². The molecular weight excluding hydrogens is 404 g/mol. The first kappa shape index (κ1) is 21.2. The molecule has 0 spiro atoms. The highest BCUT2D eigenvalue weighted by Crippen LogP contribution is 2.36. The van der Waals surface area contributed by atoms with Crippen LogP contribution in [0.15, 0.2) is 91.0 Å². The van der Waals surface area contributed by atoms with Crippen molar-refractivity contribution in [2.45, 2.75) is 13.0 Å². The number of amides is 1. The number of carbonyl (C=O) groups is 2. The number of nitrogens with zero attached hydrogens (tertiary/aromatic N) is 1. The molecule has 1 atom stereocenters. The van der Waals surface area contributed by atoms with Crippen molar-refractivity contribution in [1.82, 2.24) is 10.4 Å². The van der Waals surface area contributed by atoms with E-state index < -0.39 is 12.0 Å². The van der Waals surface area contributed by atoms with Crippen molar-refractivity contribution >= 4 is 17.6 Å². The van der Waals surface area contributed by atoms with Gasteiger partial charge >= 0.3 is 5.97 Å². The fraction of sp³-hybridized carbons (Fsp3) is 0.154. The lowest BCUT2D eigenvalue weighted by Gasteiger charge is -2.26. The Morgan fingerprint density at radius 1 is 0.906 bits per heavy atom. The Labute approximate surface area is 187 Å². The van der Waals surface area contributed by atoms with Crippen LogP contribution in [0.2, 0.25) is 0 Å². The molecule has 0 saturated carbocycles. The molecule has 1 aliphatic rings. The maximum Gasteiger partial charge on any atom is 0.344 e. The van der Waals surface area contributed by atoms with Crippen molar-refractivity contribution in [3.05, 3.63) is 108 Å². The molecule has 4 rings (SSSR count). The van der Waals surface area contributed by atoms with Gasteiger partial charge < -0.3 is 9.47 Å². The van der Waals surface area contributed by atoms with Crippen molar-refractivity contribution < 1.29 is 19.1 Å². The second-order valence-electron chi connectivity index (χ2n) is 7.18. The molecule has 6 nitrogen and oxygen atoms in total. The SMILES string of the molecule is CCOC(=O)COc1ccccc1[C@H]1C=C(c2ccccc2)NN1C(=O)c1ccccc1. The molecule has 1 amide bonds. The summed E-state index contributed by atoms with van der Waals surface area (Å²) in [5, 5.41) is 1.59. The van der Waals surface area contributed by atoms with E-state index in [1.54, 1.807) is 30.1 Å². The lowest BCUT2D eigenvalue weighted by Crippen LogP contribution is -2.39. The predicted octanol–water partition coefficient (Wildman–Crippen LogP) is 4.37. The minimum Gasteiger partial charge on any atom is -0.482 e. The van der Waals surface area contributed by atoms with Gasteiger partial charge in [0.1, 0.15) is 11.8 Å². The summed E-state index contributed by atoms with van der Waals surface area (Å²) in [6.45, 7) is 1.84. The molecule has 0 unspecified atom stereocenters. The van der Waals surface area contributed by atoms with E-state index in [2.05, 4.69) is 5.43 Å². The van der Waals surface area contributed by atoms with E-state index >= 15 is 0 Å². The van der Waals surface area contributed by atoms with Gasteiger partial charge in [-0.25, -0.2) is 9.80 Å². The third-order valence-electron chi connectivity index (χ3n) is 5.06. The van der Waals surface area contributed by atoms with Crippen molar-refractivity contribution in [1.29, 1.82) is 0 Å². The molecule has 1 heterocycles. The molecule has 1 N–H and O–H groups in total. The number of ether oxygens (including phenoxy) is 2. The topological polar surface area (TPSA) is 67.9 Å². The van der Waals surface area contributed by atoms with Crippen LogP contribution in [-0.2, 0) is 9.53 Å². The van der Waals surface area contributed by atoms with Gasteiger partial charge in [-0.2, -0.15) is 0 Å². The van der Waals surface area contributed by atoms with Crippen LogP contribution in [0.1, 0.15) is 34.5 Å². The Morgan fingerprint density at radius 3 is 2.28 bits per heavy atom. The van der Waals surface area contributed by atoms with Crippen molar-refractivity contribution in [3.63, 3.8) is 0 Å². The van der Waals surface area contributed by atoms with Gasteiger partial charge in [0.05, 0.1) is 12.3 Å². The first-order valence-electron chi connectivity index (χ1n) is 10.5. The average molecular weight is 428 g/mol. The lowest BCUT2D eigenvalue weighted by molar-refractivity contribution is -0.145. The molecule has 0 bridgehead atoms. The summed E-state index contributed by atoms with van der Waals surface area (Å²) in [6, 6.07) is 25.9. The van der Waals surface area contributed by atoms with Crippen molar-refractivity contribution in [2.24, 2.45) is 0 Å². The molecule has 0 fully saturated rings. The Hall–Kier alpha value is -4.06. The standard InChI is InChI=1S/C26H24N2O4/c1-2-31-25(29)18-32-24-16-10-9-15-21(24)23-17-22(19-11-5-3-6-12-19)27-28(23)26(30)20-13-7-4-8-14-20/h3-17,23,27H,2,18H2,1H3/t23-/m1/s1. The van der Waals surface area contributed by atoms with Gasteiger partial charge in [0.25, 0.3) is 5.91 Å². The van der Waals surface area contributed by atoms with Gasteiger partial charge in [0.2, 0.25) is 0 Å². The number of para-hydroxylation sites is 1. The maximum atomic E-state index is 13.4. The van der Waals surface area contributed by atoms with E-state index in [0.29, 0.717) is 17.9 Å². The number of rotatable bonds is 7. The molecule has 0 saturated heterocycles. The number of hydrazine groups is 1. The third kappa shape index (κ3) is 4.64. The zero-order valence-corrected chi connectivity index (χ0v) is 17.7. The predicted molar refractivity (Wildman–Crippen MR) is 121 cm³/mol. The highest BCUT2D eigenvalue weighted by atomic mass is 16.6. The maximum absolute atomic E-state index is 13.4. The van der Waals surface area contributed by atoms with Crippen LogP contribution in [0.25, 0.3) is 5.70 Å². The van der Waals surface area contributed by atoms with Gasteiger partial charge in [-0.1, -0.05) is 66.7 Å². The van der Waals surface area contributed by atoms with Crippen molar-refractivity contribution in [3.8, 4) is 5.75 Å². The molecule has 0 radical (unpaired) electrons. The van der Waals surface area contributed by atoms with Gasteiger partial charge in [-0.3, -0.25) is 10.2 Å². The highest BCUT2D eigenvalue weighted by Gasteiger charge is 2.33.